The van der Waals surface area contributed by atoms with Gasteiger partial charge >= 0.3 is 0 Å². The Kier molecular flexibility index (Phi) is 4.05. The Morgan fingerprint density at radius 3 is 2.81 bits per heavy atom. The highest BCUT2D eigenvalue weighted by atomic mass is 32.2. The standard InChI is InChI=1S/C16H18N6O2S2.H2/c1-9-8-18-16(12-5-6-14(25-12)26(17,23)24)20-15(9)19-13-7-11(10-3-4-10)22(2)21-13;/h5-8,10H,3-4H2,1-2H3,(H2,17,23,24)(H,18,19,20,21);1H. The molecule has 138 valence electrons. The molecule has 0 saturated heterocycles. The molecule has 0 radical (unpaired) electrons. The van der Waals surface area contributed by atoms with Crippen LogP contribution < -0.4 is 10.5 Å². The summed E-state index contributed by atoms with van der Waals surface area (Å²) in [5.41, 5.74) is 2.09. The summed E-state index contributed by atoms with van der Waals surface area (Å²) in [6.07, 6.45) is 4.12. The molecule has 0 aromatic carbocycles. The molecule has 0 atom stereocenters. The summed E-state index contributed by atoms with van der Waals surface area (Å²) in [7, 11) is -1.78. The zero-order chi connectivity index (χ0) is 18.5. The third-order valence-electron chi connectivity index (χ3n) is 4.21. The van der Waals surface area contributed by atoms with Crippen LogP contribution in [0.1, 0.15) is 31.4 Å². The zero-order valence-corrected chi connectivity index (χ0v) is 15.9. The Morgan fingerprint density at radius 2 is 2.15 bits per heavy atom. The second-order valence-electron chi connectivity index (χ2n) is 6.37. The van der Waals surface area contributed by atoms with Gasteiger partial charge in [0, 0.05) is 37.9 Å². The first-order chi connectivity index (χ1) is 12.3. The number of rotatable bonds is 5. The number of aryl methyl sites for hydroxylation is 2. The van der Waals surface area contributed by atoms with Gasteiger partial charge in [0.2, 0.25) is 10.0 Å². The molecule has 1 aliphatic carbocycles. The Hall–Kier alpha value is -2.30. The van der Waals surface area contributed by atoms with Gasteiger partial charge in [0.15, 0.2) is 11.6 Å². The average molecular weight is 393 g/mol. The monoisotopic (exact) mass is 392 g/mol. The Morgan fingerprint density at radius 1 is 1.38 bits per heavy atom. The number of nitrogens with two attached hydrogens (primary N) is 1. The second kappa shape index (κ2) is 6.15. The first-order valence-electron chi connectivity index (χ1n) is 8.09. The maximum atomic E-state index is 11.5. The predicted octanol–water partition coefficient (Wildman–Crippen LogP) is 2.76. The van der Waals surface area contributed by atoms with E-state index in [9.17, 15) is 8.42 Å². The van der Waals surface area contributed by atoms with E-state index < -0.39 is 10.0 Å². The van der Waals surface area contributed by atoms with E-state index in [-0.39, 0.29) is 5.64 Å². The number of anilines is 2. The number of primary sulfonamides is 1. The van der Waals surface area contributed by atoms with Crippen LogP contribution in [-0.2, 0) is 17.1 Å². The molecule has 0 spiro atoms. The van der Waals surface area contributed by atoms with Gasteiger partial charge in [-0.25, -0.2) is 23.5 Å². The summed E-state index contributed by atoms with van der Waals surface area (Å²) in [5, 5.41) is 12.9. The molecule has 26 heavy (non-hydrogen) atoms. The zero-order valence-electron chi connectivity index (χ0n) is 14.3. The molecule has 4 rings (SSSR count). The van der Waals surface area contributed by atoms with Crippen molar-refractivity contribution in [2.45, 2.75) is 29.9 Å². The van der Waals surface area contributed by atoms with Crippen molar-refractivity contribution in [2.24, 2.45) is 12.2 Å². The molecule has 1 fully saturated rings. The van der Waals surface area contributed by atoms with E-state index in [1.165, 1.54) is 24.6 Å². The van der Waals surface area contributed by atoms with Crippen LogP contribution in [-0.4, -0.2) is 28.2 Å². The van der Waals surface area contributed by atoms with Crippen LogP contribution in [0.5, 0.6) is 0 Å². The lowest BCUT2D eigenvalue weighted by Crippen LogP contribution is -2.09. The van der Waals surface area contributed by atoms with Gasteiger partial charge in [-0.15, -0.1) is 11.3 Å². The van der Waals surface area contributed by atoms with Crippen molar-refractivity contribution < 1.29 is 9.84 Å². The molecule has 0 aliphatic heterocycles. The van der Waals surface area contributed by atoms with Crippen molar-refractivity contribution in [1.29, 1.82) is 0 Å². The quantitative estimate of drug-likeness (QED) is 0.690. The minimum absolute atomic E-state index is 0. The number of sulfonamides is 1. The lowest BCUT2D eigenvalue weighted by Gasteiger charge is -2.07. The fraction of sp³-hybridized carbons (Fsp3) is 0.312. The smallest absolute Gasteiger partial charge is 0.247 e. The summed E-state index contributed by atoms with van der Waals surface area (Å²) in [4.78, 5) is 9.48. The lowest BCUT2D eigenvalue weighted by atomic mass is 10.3. The molecule has 3 aromatic rings. The van der Waals surface area contributed by atoms with Gasteiger partial charge < -0.3 is 5.32 Å². The molecule has 0 amide bonds. The molecule has 1 saturated carbocycles. The molecule has 0 unspecified atom stereocenters. The van der Waals surface area contributed by atoms with Crippen LogP contribution in [0.4, 0.5) is 11.6 Å². The highest BCUT2D eigenvalue weighted by molar-refractivity contribution is 7.91. The molecular formula is C16H20N6O2S2. The minimum atomic E-state index is -3.73. The van der Waals surface area contributed by atoms with E-state index in [4.69, 9.17) is 5.14 Å². The van der Waals surface area contributed by atoms with Crippen molar-refractivity contribution in [1.82, 2.24) is 19.7 Å². The number of nitrogens with one attached hydrogen (secondary N) is 1. The Labute approximate surface area is 156 Å². The highest BCUT2D eigenvalue weighted by Gasteiger charge is 2.27. The summed E-state index contributed by atoms with van der Waals surface area (Å²) in [6.45, 7) is 1.90. The summed E-state index contributed by atoms with van der Waals surface area (Å²) in [6, 6.07) is 5.17. The Balaban J connectivity index is 0.00000210. The van der Waals surface area contributed by atoms with Crippen LogP contribution in [0.2, 0.25) is 0 Å². The van der Waals surface area contributed by atoms with E-state index in [1.807, 2.05) is 24.7 Å². The molecule has 0 bridgehead atoms. The number of hydrogen-bond acceptors (Lipinski definition) is 7. The Bertz CT molecular complexity index is 1090. The highest BCUT2D eigenvalue weighted by Crippen LogP contribution is 2.40. The molecule has 3 N–H and O–H groups in total. The normalized spacial score (nSPS) is 14.6. The van der Waals surface area contributed by atoms with Crippen LogP contribution >= 0.6 is 11.3 Å². The summed E-state index contributed by atoms with van der Waals surface area (Å²) >= 11 is 1.05. The van der Waals surface area contributed by atoms with Crippen molar-refractivity contribution in [3.05, 3.63) is 35.7 Å². The first kappa shape index (κ1) is 17.1. The van der Waals surface area contributed by atoms with Gasteiger partial charge in [-0.2, -0.15) is 5.10 Å². The van der Waals surface area contributed by atoms with Crippen LogP contribution in [0.15, 0.2) is 28.6 Å². The SMILES string of the molecule is Cc1cnc(-c2ccc(S(N)(=O)=O)s2)nc1Nc1cc(C2CC2)n(C)n1.[HH]. The van der Waals surface area contributed by atoms with Gasteiger partial charge in [-0.3, -0.25) is 4.68 Å². The van der Waals surface area contributed by atoms with Gasteiger partial charge in [0.1, 0.15) is 10.0 Å². The van der Waals surface area contributed by atoms with E-state index in [0.717, 1.165) is 22.7 Å². The van der Waals surface area contributed by atoms with Gasteiger partial charge in [0.25, 0.3) is 0 Å². The molecule has 8 nitrogen and oxygen atoms in total. The van der Waals surface area contributed by atoms with Crippen molar-refractivity contribution in [3.8, 4) is 10.7 Å². The second-order valence-corrected chi connectivity index (χ2v) is 9.24. The predicted molar refractivity (Wildman–Crippen MR) is 102 cm³/mol. The molecule has 1 aliphatic rings. The topological polar surface area (TPSA) is 116 Å². The largest absolute Gasteiger partial charge is 0.323 e. The average Bonchev–Trinajstić information content (AvgIpc) is 3.14. The number of thiophene rings is 1. The lowest BCUT2D eigenvalue weighted by molar-refractivity contribution is 0.600. The van der Waals surface area contributed by atoms with Crippen LogP contribution in [0.3, 0.4) is 0 Å². The molecular weight excluding hydrogens is 372 g/mol. The number of aromatic nitrogens is 4. The van der Waals surface area contributed by atoms with Gasteiger partial charge in [-0.05, 0) is 31.9 Å². The summed E-state index contributed by atoms with van der Waals surface area (Å²) < 4.78 is 24.9. The van der Waals surface area contributed by atoms with Crippen molar-refractivity contribution >= 4 is 33.0 Å². The van der Waals surface area contributed by atoms with Crippen LogP contribution in [0, 0.1) is 6.92 Å². The summed E-state index contributed by atoms with van der Waals surface area (Å²) in [5.74, 6) is 2.42. The first-order valence-corrected chi connectivity index (χ1v) is 10.4. The third-order valence-corrected chi connectivity index (χ3v) is 6.73. The fourth-order valence-electron chi connectivity index (χ4n) is 2.71. The van der Waals surface area contributed by atoms with Gasteiger partial charge in [0.05, 0.1) is 4.88 Å². The van der Waals surface area contributed by atoms with E-state index in [1.54, 1.807) is 12.3 Å². The van der Waals surface area contributed by atoms with Crippen molar-refractivity contribution in [2.75, 3.05) is 5.32 Å². The maximum Gasteiger partial charge on any atom is 0.247 e. The molecule has 3 aromatic heterocycles. The van der Waals surface area contributed by atoms with E-state index in [2.05, 4.69) is 20.4 Å². The van der Waals surface area contributed by atoms with Crippen molar-refractivity contribution in [3.63, 3.8) is 0 Å². The molecule has 10 heteroatoms. The molecule has 3 heterocycles. The number of hydrogen-bond donors (Lipinski definition) is 2. The van der Waals surface area contributed by atoms with E-state index >= 15 is 0 Å². The maximum absolute atomic E-state index is 11.5. The van der Waals surface area contributed by atoms with E-state index in [0.29, 0.717) is 22.4 Å². The van der Waals surface area contributed by atoms with Gasteiger partial charge in [-0.1, -0.05) is 0 Å². The minimum Gasteiger partial charge on any atom is -0.323 e. The number of nitrogens with zero attached hydrogens (tertiary/aromatic N) is 4. The third kappa shape index (κ3) is 3.35. The fourth-order valence-corrected chi connectivity index (χ4v) is 4.38. The van der Waals surface area contributed by atoms with Crippen LogP contribution in [0.25, 0.3) is 10.7 Å².